The summed E-state index contributed by atoms with van der Waals surface area (Å²) in [5.41, 5.74) is 0.687. The van der Waals surface area contributed by atoms with Crippen LogP contribution in [0.5, 0.6) is 0 Å². The molecule has 0 aliphatic carbocycles. The Bertz CT molecular complexity index is 522. The lowest BCUT2D eigenvalue weighted by atomic mass is 10.2. The number of aliphatic hydroxyl groups excluding tert-OH is 1. The Hall–Kier alpha value is -2.30. The van der Waals surface area contributed by atoms with Crippen LogP contribution >= 0.6 is 0 Å². The van der Waals surface area contributed by atoms with Crippen LogP contribution in [0.3, 0.4) is 0 Å². The molecule has 0 aromatic heterocycles. The Kier molecular flexibility index (Phi) is 3.85. The maximum absolute atomic E-state index is 12.0. The summed E-state index contributed by atoms with van der Waals surface area (Å²) in [4.78, 5) is 25.0. The lowest BCUT2D eigenvalue weighted by molar-refractivity contribution is -0.141. The average Bonchev–Trinajstić information content (AvgIpc) is 2.66. The molecular weight excluding hydrogens is 246 g/mol. The van der Waals surface area contributed by atoms with Crippen molar-refractivity contribution in [1.82, 2.24) is 4.90 Å². The highest BCUT2D eigenvalue weighted by Gasteiger charge is 2.35. The van der Waals surface area contributed by atoms with Gasteiger partial charge in [0.05, 0.1) is 13.2 Å². The highest BCUT2D eigenvalue weighted by atomic mass is 16.5. The van der Waals surface area contributed by atoms with Crippen LogP contribution in [0.4, 0.5) is 0 Å². The van der Waals surface area contributed by atoms with Crippen LogP contribution in [0.25, 0.3) is 0 Å². The third-order valence-corrected chi connectivity index (χ3v) is 2.83. The number of amides is 1. The minimum absolute atomic E-state index is 0.0435. The van der Waals surface area contributed by atoms with Gasteiger partial charge in [0, 0.05) is 6.54 Å². The van der Waals surface area contributed by atoms with Gasteiger partial charge in [-0.2, -0.15) is 0 Å². The predicted octanol–water partition coefficient (Wildman–Crippen LogP) is 1.40. The summed E-state index contributed by atoms with van der Waals surface area (Å²) in [6.45, 7) is 2.22. The molecule has 5 nitrogen and oxygen atoms in total. The average molecular weight is 261 g/mol. The van der Waals surface area contributed by atoms with Gasteiger partial charge in [-0.1, -0.05) is 30.3 Å². The summed E-state index contributed by atoms with van der Waals surface area (Å²) >= 11 is 0. The van der Waals surface area contributed by atoms with E-state index < -0.39 is 11.9 Å². The zero-order valence-corrected chi connectivity index (χ0v) is 10.6. The van der Waals surface area contributed by atoms with Crippen molar-refractivity contribution in [2.45, 2.75) is 13.5 Å². The van der Waals surface area contributed by atoms with E-state index in [-0.39, 0.29) is 24.5 Å². The zero-order valence-electron chi connectivity index (χ0n) is 10.6. The second-order valence-corrected chi connectivity index (χ2v) is 4.19. The van der Waals surface area contributed by atoms with Gasteiger partial charge >= 0.3 is 5.97 Å². The first-order valence-corrected chi connectivity index (χ1v) is 6.06. The second-order valence-electron chi connectivity index (χ2n) is 4.19. The molecule has 0 atom stereocenters. The van der Waals surface area contributed by atoms with E-state index >= 15 is 0 Å². The van der Waals surface area contributed by atoms with E-state index in [4.69, 9.17) is 4.74 Å². The molecule has 0 saturated heterocycles. The number of nitrogens with zero attached hydrogens (tertiary/aromatic N) is 1. The Balaban J connectivity index is 2.09. The fourth-order valence-corrected chi connectivity index (χ4v) is 1.95. The molecule has 1 heterocycles. The van der Waals surface area contributed by atoms with Crippen LogP contribution in [-0.4, -0.2) is 35.0 Å². The van der Waals surface area contributed by atoms with Crippen LogP contribution in [0.15, 0.2) is 41.7 Å². The standard InChI is InChI=1S/C14H15NO4/c1-2-19-14(18)12-11(16)9-15(13(12)17)8-10-6-4-3-5-7-10/h3-7,16H,2,8-9H2,1H3. The molecule has 100 valence electrons. The van der Waals surface area contributed by atoms with Crippen molar-refractivity contribution >= 4 is 11.9 Å². The smallest absolute Gasteiger partial charge is 0.347 e. The number of ether oxygens (including phenoxy) is 1. The van der Waals surface area contributed by atoms with E-state index in [9.17, 15) is 14.7 Å². The first-order chi connectivity index (χ1) is 9.13. The van der Waals surface area contributed by atoms with Gasteiger partial charge in [-0.3, -0.25) is 4.79 Å². The van der Waals surface area contributed by atoms with Crippen molar-refractivity contribution in [2.75, 3.05) is 13.2 Å². The second kappa shape index (κ2) is 5.56. The van der Waals surface area contributed by atoms with E-state index in [2.05, 4.69) is 0 Å². The number of carbonyl (C=O) groups is 2. The van der Waals surface area contributed by atoms with Gasteiger partial charge in [0.15, 0.2) is 5.57 Å². The molecule has 0 unspecified atom stereocenters. The molecule has 1 aromatic rings. The number of rotatable bonds is 4. The first-order valence-electron chi connectivity index (χ1n) is 6.06. The van der Waals surface area contributed by atoms with Gasteiger partial charge in [0.25, 0.3) is 5.91 Å². The van der Waals surface area contributed by atoms with Crippen LogP contribution in [-0.2, 0) is 20.9 Å². The molecule has 1 aliphatic rings. The van der Waals surface area contributed by atoms with Crippen LogP contribution in [0, 0.1) is 0 Å². The summed E-state index contributed by atoms with van der Waals surface area (Å²) in [7, 11) is 0. The summed E-state index contributed by atoms with van der Waals surface area (Å²) in [5.74, 6) is -1.47. The zero-order chi connectivity index (χ0) is 13.8. The monoisotopic (exact) mass is 261 g/mol. The van der Waals surface area contributed by atoms with Gasteiger partial charge < -0.3 is 14.7 Å². The molecule has 0 radical (unpaired) electrons. The highest BCUT2D eigenvalue weighted by Crippen LogP contribution is 2.20. The minimum Gasteiger partial charge on any atom is -0.509 e. The number of esters is 1. The Labute approximate surface area is 111 Å². The van der Waals surface area contributed by atoms with E-state index in [0.717, 1.165) is 5.56 Å². The van der Waals surface area contributed by atoms with E-state index in [1.807, 2.05) is 30.3 Å². The van der Waals surface area contributed by atoms with Gasteiger partial charge in [-0.25, -0.2) is 4.79 Å². The lowest BCUT2D eigenvalue weighted by Crippen LogP contribution is -2.28. The molecule has 1 aliphatic heterocycles. The number of aliphatic hydroxyl groups is 1. The van der Waals surface area contributed by atoms with Crippen molar-refractivity contribution in [1.29, 1.82) is 0 Å². The molecular formula is C14H15NO4. The summed E-state index contributed by atoms with van der Waals surface area (Å²) < 4.78 is 4.76. The van der Waals surface area contributed by atoms with Gasteiger partial charge in [-0.05, 0) is 12.5 Å². The predicted molar refractivity (Wildman–Crippen MR) is 68.1 cm³/mol. The van der Waals surface area contributed by atoms with Gasteiger partial charge in [0.1, 0.15) is 5.76 Å². The van der Waals surface area contributed by atoms with E-state index in [1.165, 1.54) is 4.90 Å². The van der Waals surface area contributed by atoms with Crippen LogP contribution < -0.4 is 0 Å². The fourth-order valence-electron chi connectivity index (χ4n) is 1.95. The normalized spacial score (nSPS) is 15.0. The lowest BCUT2D eigenvalue weighted by Gasteiger charge is -2.15. The molecule has 1 aromatic carbocycles. The van der Waals surface area contributed by atoms with Crippen LogP contribution in [0.1, 0.15) is 12.5 Å². The third kappa shape index (κ3) is 2.76. The van der Waals surface area contributed by atoms with E-state index in [0.29, 0.717) is 6.54 Å². The van der Waals surface area contributed by atoms with E-state index in [1.54, 1.807) is 6.92 Å². The SMILES string of the molecule is CCOC(=O)C1=C(O)CN(Cc2ccccc2)C1=O. The summed E-state index contributed by atoms with van der Waals surface area (Å²) in [6.07, 6.45) is 0. The topological polar surface area (TPSA) is 66.8 Å². The minimum atomic E-state index is -0.763. The number of benzene rings is 1. The molecule has 1 N–H and O–H groups in total. The third-order valence-electron chi connectivity index (χ3n) is 2.83. The van der Waals surface area contributed by atoms with Crippen molar-refractivity contribution in [3.8, 4) is 0 Å². The Morgan fingerprint density at radius 3 is 2.68 bits per heavy atom. The summed E-state index contributed by atoms with van der Waals surface area (Å²) in [5, 5.41) is 9.72. The number of carbonyl (C=O) groups excluding carboxylic acids is 2. The largest absolute Gasteiger partial charge is 0.509 e. The van der Waals surface area contributed by atoms with Crippen molar-refractivity contribution in [3.63, 3.8) is 0 Å². The van der Waals surface area contributed by atoms with Gasteiger partial charge in [-0.15, -0.1) is 0 Å². The number of hydrogen-bond acceptors (Lipinski definition) is 4. The number of hydrogen-bond donors (Lipinski definition) is 1. The van der Waals surface area contributed by atoms with Gasteiger partial charge in [0.2, 0.25) is 0 Å². The fraction of sp³-hybridized carbons (Fsp3) is 0.286. The molecule has 19 heavy (non-hydrogen) atoms. The Morgan fingerprint density at radius 1 is 1.37 bits per heavy atom. The van der Waals surface area contributed by atoms with Crippen molar-refractivity contribution in [3.05, 3.63) is 47.2 Å². The van der Waals surface area contributed by atoms with Crippen LogP contribution in [0.2, 0.25) is 0 Å². The molecule has 0 bridgehead atoms. The maximum atomic E-state index is 12.0. The first kappa shape index (κ1) is 13.1. The van der Waals surface area contributed by atoms with Crippen molar-refractivity contribution in [2.24, 2.45) is 0 Å². The maximum Gasteiger partial charge on any atom is 0.347 e. The quantitative estimate of drug-likeness (QED) is 0.657. The molecule has 1 amide bonds. The highest BCUT2D eigenvalue weighted by molar-refractivity contribution is 6.18. The molecule has 0 spiro atoms. The Morgan fingerprint density at radius 2 is 2.05 bits per heavy atom. The molecule has 0 fully saturated rings. The van der Waals surface area contributed by atoms with Crippen molar-refractivity contribution < 1.29 is 19.4 Å². The molecule has 0 saturated carbocycles. The summed E-state index contributed by atoms with van der Waals surface area (Å²) in [6, 6.07) is 9.39. The molecule has 5 heteroatoms. The molecule has 2 rings (SSSR count).